The average molecular weight is 427 g/mol. The lowest BCUT2D eigenvalue weighted by atomic mass is 9.89. The minimum atomic E-state index is -2.89. The van der Waals surface area contributed by atoms with E-state index in [1.54, 1.807) is 0 Å². The largest absolute Gasteiger partial charge is 0.458 e. The van der Waals surface area contributed by atoms with Crippen molar-refractivity contribution in [2.24, 2.45) is 17.8 Å². The molecular formula is C24H42O6. The fraction of sp³-hybridized carbons (Fsp3) is 0.833. The smallest absolute Gasteiger partial charge is 0.303 e. The van der Waals surface area contributed by atoms with E-state index >= 15 is 0 Å². The van der Waals surface area contributed by atoms with E-state index in [9.17, 15) is 24.9 Å². The first-order valence-electron chi connectivity index (χ1n) is 11.6. The van der Waals surface area contributed by atoms with Crippen molar-refractivity contribution in [2.45, 2.75) is 103 Å². The molecule has 1 rings (SSSR count). The van der Waals surface area contributed by atoms with Crippen LogP contribution in [-0.2, 0) is 14.3 Å². The van der Waals surface area contributed by atoms with Gasteiger partial charge in [-0.25, -0.2) is 0 Å². The number of rotatable bonds is 15. The molecule has 1 aliphatic carbocycles. The predicted octanol–water partition coefficient (Wildman–Crippen LogP) is 3.91. The summed E-state index contributed by atoms with van der Waals surface area (Å²) in [4.78, 5) is 22.5. The Labute approximate surface area is 181 Å². The van der Waals surface area contributed by atoms with E-state index in [1.807, 2.05) is 0 Å². The van der Waals surface area contributed by atoms with Gasteiger partial charge in [0, 0.05) is 6.92 Å². The first-order valence-corrected chi connectivity index (χ1v) is 11.6. The Kier molecular flexibility index (Phi) is 12.5. The number of Topliss-reactive ketones (excluding diaryl/α,β-unsaturated/α-hetero) is 1. The topological polar surface area (TPSA) is 104 Å². The second-order valence-corrected chi connectivity index (χ2v) is 9.00. The Hall–Kier alpha value is -1.24. The lowest BCUT2D eigenvalue weighted by molar-refractivity contribution is -0.223. The van der Waals surface area contributed by atoms with Gasteiger partial charge >= 0.3 is 5.97 Å². The zero-order chi connectivity index (χ0) is 22.6. The fourth-order valence-electron chi connectivity index (χ4n) is 4.24. The number of ketones is 1. The number of allylic oxidation sites excluding steroid dienone is 2. The van der Waals surface area contributed by atoms with Gasteiger partial charge in [0.05, 0.1) is 0 Å². The number of aliphatic hydroxyl groups excluding tert-OH is 1. The maximum atomic E-state index is 11.8. The van der Waals surface area contributed by atoms with Crippen molar-refractivity contribution in [1.29, 1.82) is 0 Å². The van der Waals surface area contributed by atoms with Crippen LogP contribution in [0.5, 0.6) is 0 Å². The molecule has 0 amide bonds. The van der Waals surface area contributed by atoms with Gasteiger partial charge in [0.1, 0.15) is 6.10 Å². The van der Waals surface area contributed by atoms with E-state index < -0.39 is 30.3 Å². The monoisotopic (exact) mass is 426 g/mol. The molecule has 6 nitrogen and oxygen atoms in total. The maximum absolute atomic E-state index is 11.8. The van der Waals surface area contributed by atoms with Gasteiger partial charge in [0.2, 0.25) is 5.78 Å². The van der Waals surface area contributed by atoms with Crippen LogP contribution in [0.2, 0.25) is 0 Å². The molecule has 0 radical (unpaired) electrons. The fourth-order valence-corrected chi connectivity index (χ4v) is 4.24. The number of esters is 1. The third-order valence-electron chi connectivity index (χ3n) is 6.27. The Morgan fingerprint density at radius 2 is 1.90 bits per heavy atom. The van der Waals surface area contributed by atoms with E-state index in [4.69, 9.17) is 0 Å². The first kappa shape index (κ1) is 26.8. The summed E-state index contributed by atoms with van der Waals surface area (Å²) in [5, 5.41) is 29.8. The Balaban J connectivity index is 2.33. The molecule has 0 heterocycles. The highest BCUT2D eigenvalue weighted by Crippen LogP contribution is 2.36. The Bertz CT molecular complexity index is 542. The summed E-state index contributed by atoms with van der Waals surface area (Å²) in [5.41, 5.74) is 0. The molecule has 0 aromatic carbocycles. The van der Waals surface area contributed by atoms with E-state index in [1.165, 1.54) is 38.5 Å². The second-order valence-electron chi connectivity index (χ2n) is 9.00. The SMILES string of the molecule is CCCCC(C)CC=C[C@H]1CCC[C@@H]1CCCCC(O)C(O)(O)C(=O)COC(C)=O. The molecule has 0 aliphatic heterocycles. The minimum absolute atomic E-state index is 0.112. The number of carbonyl (C=O) groups is 2. The first-order chi connectivity index (χ1) is 14.2. The molecular weight excluding hydrogens is 384 g/mol. The number of hydrogen-bond acceptors (Lipinski definition) is 6. The lowest BCUT2D eigenvalue weighted by Crippen LogP contribution is -2.51. The summed E-state index contributed by atoms with van der Waals surface area (Å²) in [7, 11) is 0. The lowest BCUT2D eigenvalue weighted by Gasteiger charge is -2.26. The van der Waals surface area contributed by atoms with Gasteiger partial charge in [-0.1, -0.05) is 64.5 Å². The van der Waals surface area contributed by atoms with Crippen molar-refractivity contribution < 1.29 is 29.6 Å². The molecule has 0 aromatic heterocycles. The van der Waals surface area contributed by atoms with Gasteiger partial charge < -0.3 is 20.1 Å². The van der Waals surface area contributed by atoms with Crippen LogP contribution in [0.15, 0.2) is 12.2 Å². The van der Waals surface area contributed by atoms with Crippen LogP contribution in [0, 0.1) is 17.8 Å². The number of ether oxygens (including phenoxy) is 1. The highest BCUT2D eigenvalue weighted by molar-refractivity contribution is 5.88. The zero-order valence-corrected chi connectivity index (χ0v) is 19.0. The molecule has 0 aromatic rings. The van der Waals surface area contributed by atoms with Crippen molar-refractivity contribution in [1.82, 2.24) is 0 Å². The van der Waals surface area contributed by atoms with Gasteiger partial charge in [-0.2, -0.15) is 0 Å². The van der Waals surface area contributed by atoms with Gasteiger partial charge in [-0.15, -0.1) is 0 Å². The molecule has 6 heteroatoms. The summed E-state index contributed by atoms with van der Waals surface area (Å²) < 4.78 is 4.49. The second kappa shape index (κ2) is 13.9. The molecule has 1 saturated carbocycles. The Morgan fingerprint density at radius 1 is 1.17 bits per heavy atom. The van der Waals surface area contributed by atoms with Crippen LogP contribution >= 0.6 is 0 Å². The molecule has 0 spiro atoms. The molecule has 30 heavy (non-hydrogen) atoms. The van der Waals surface area contributed by atoms with Gasteiger partial charge in [0.15, 0.2) is 6.61 Å². The highest BCUT2D eigenvalue weighted by Gasteiger charge is 2.41. The van der Waals surface area contributed by atoms with Gasteiger partial charge in [0.25, 0.3) is 5.79 Å². The molecule has 0 saturated heterocycles. The molecule has 4 atom stereocenters. The van der Waals surface area contributed by atoms with Crippen molar-refractivity contribution in [2.75, 3.05) is 6.61 Å². The quantitative estimate of drug-likeness (QED) is 0.159. The summed E-state index contributed by atoms with van der Waals surface area (Å²) in [6.07, 6.45) is 14.5. The summed E-state index contributed by atoms with van der Waals surface area (Å²) >= 11 is 0. The zero-order valence-electron chi connectivity index (χ0n) is 19.0. The van der Waals surface area contributed by atoms with E-state index in [0.717, 1.165) is 32.1 Å². The molecule has 2 unspecified atom stereocenters. The van der Waals surface area contributed by atoms with Gasteiger partial charge in [-0.05, 0) is 49.9 Å². The van der Waals surface area contributed by atoms with Gasteiger partial charge in [-0.3, -0.25) is 9.59 Å². The standard InChI is InChI=1S/C24H42O6/c1-4-5-10-18(2)11-8-13-21-15-9-14-20(21)12-6-7-16-22(26)24(28,29)23(27)17-30-19(3)25/h8,13,18,20-22,26,28-29H,4-7,9-12,14-17H2,1-3H3/t18?,20-,21-,22?/m0/s1. The van der Waals surface area contributed by atoms with Crippen LogP contribution in [0.25, 0.3) is 0 Å². The van der Waals surface area contributed by atoms with E-state index in [2.05, 4.69) is 30.7 Å². The molecule has 0 bridgehead atoms. The van der Waals surface area contributed by atoms with Crippen LogP contribution in [-0.4, -0.2) is 45.6 Å². The van der Waals surface area contributed by atoms with Crippen LogP contribution in [0.3, 0.4) is 0 Å². The highest BCUT2D eigenvalue weighted by atomic mass is 16.6. The van der Waals surface area contributed by atoms with Crippen molar-refractivity contribution in [3.63, 3.8) is 0 Å². The third-order valence-corrected chi connectivity index (χ3v) is 6.27. The molecule has 3 N–H and O–H groups in total. The molecule has 1 aliphatic rings. The van der Waals surface area contributed by atoms with Crippen LogP contribution < -0.4 is 0 Å². The summed E-state index contributed by atoms with van der Waals surface area (Å²) in [6, 6.07) is 0. The maximum Gasteiger partial charge on any atom is 0.303 e. The van der Waals surface area contributed by atoms with E-state index in [0.29, 0.717) is 18.3 Å². The number of aliphatic hydroxyl groups is 3. The number of unbranched alkanes of at least 4 members (excludes halogenated alkanes) is 2. The number of hydrogen-bond donors (Lipinski definition) is 3. The Morgan fingerprint density at radius 3 is 2.57 bits per heavy atom. The summed E-state index contributed by atoms with van der Waals surface area (Å²) in [6.45, 7) is 4.91. The molecule has 1 fully saturated rings. The normalized spacial score (nSPS) is 21.7. The summed E-state index contributed by atoms with van der Waals surface area (Å²) in [5.74, 6) is -2.69. The minimum Gasteiger partial charge on any atom is -0.458 e. The molecule has 174 valence electrons. The van der Waals surface area contributed by atoms with Crippen molar-refractivity contribution >= 4 is 11.8 Å². The van der Waals surface area contributed by atoms with Crippen molar-refractivity contribution in [3.05, 3.63) is 12.2 Å². The van der Waals surface area contributed by atoms with E-state index in [-0.39, 0.29) is 6.42 Å². The third kappa shape index (κ3) is 9.71. The van der Waals surface area contributed by atoms with Crippen LogP contribution in [0.4, 0.5) is 0 Å². The average Bonchev–Trinajstić information content (AvgIpc) is 3.14. The van der Waals surface area contributed by atoms with Crippen LogP contribution in [0.1, 0.15) is 91.4 Å². The number of carbonyl (C=O) groups excluding carboxylic acids is 2. The van der Waals surface area contributed by atoms with Crippen molar-refractivity contribution in [3.8, 4) is 0 Å². The predicted molar refractivity (Wildman–Crippen MR) is 117 cm³/mol.